The Morgan fingerprint density at radius 3 is 2.56 bits per heavy atom. The normalized spacial score (nSPS) is 12.2. The third kappa shape index (κ3) is 3.27. The summed E-state index contributed by atoms with van der Waals surface area (Å²) in [7, 11) is 0. The second-order valence-electron chi connectivity index (χ2n) is 3.25. The van der Waals surface area contributed by atoms with Crippen LogP contribution in [0.25, 0.3) is 6.08 Å². The fourth-order valence-electron chi connectivity index (χ4n) is 1.20. The quantitative estimate of drug-likeness (QED) is 0.840. The van der Waals surface area contributed by atoms with Crippen LogP contribution >= 0.6 is 0 Å². The Kier molecular flexibility index (Phi) is 3.95. The molecule has 0 aromatic heterocycles. The van der Waals surface area contributed by atoms with Crippen LogP contribution in [0.1, 0.15) is 17.5 Å². The van der Waals surface area contributed by atoms with Crippen LogP contribution < -0.4 is 5.73 Å². The van der Waals surface area contributed by atoms with E-state index in [0.29, 0.717) is 18.5 Å². The van der Waals surface area contributed by atoms with Gasteiger partial charge in [0.2, 0.25) is 0 Å². The molecule has 0 atom stereocenters. The third-order valence-electron chi connectivity index (χ3n) is 1.97. The molecule has 0 radical (unpaired) electrons. The van der Waals surface area contributed by atoms with Crippen molar-refractivity contribution in [3.8, 4) is 5.75 Å². The smallest absolute Gasteiger partial charge is 0.419 e. The molecule has 0 saturated carbocycles. The fraction of sp³-hybridized carbons (Fsp3) is 0.273. The minimum absolute atomic E-state index is 0.388. The van der Waals surface area contributed by atoms with E-state index in [1.807, 2.05) is 0 Å². The van der Waals surface area contributed by atoms with Gasteiger partial charge in [0.05, 0.1) is 5.56 Å². The number of phenolic OH excluding ortho intramolecular Hbond substituents is 1. The highest BCUT2D eigenvalue weighted by atomic mass is 19.4. The predicted octanol–water partition coefficient (Wildman–Crippen LogP) is 2.77. The molecule has 0 aliphatic rings. The summed E-state index contributed by atoms with van der Waals surface area (Å²) in [6.07, 6.45) is -0.710. The van der Waals surface area contributed by atoms with E-state index in [1.54, 1.807) is 12.2 Å². The van der Waals surface area contributed by atoms with Crippen molar-refractivity contribution in [2.75, 3.05) is 6.54 Å². The van der Waals surface area contributed by atoms with Crippen LogP contribution in [0, 0.1) is 0 Å². The highest BCUT2D eigenvalue weighted by Crippen LogP contribution is 2.36. The van der Waals surface area contributed by atoms with Crippen LogP contribution in [-0.2, 0) is 6.18 Å². The average molecular weight is 231 g/mol. The van der Waals surface area contributed by atoms with E-state index in [2.05, 4.69) is 0 Å². The van der Waals surface area contributed by atoms with Crippen LogP contribution in [0.2, 0.25) is 0 Å². The third-order valence-corrected chi connectivity index (χ3v) is 1.97. The number of nitrogens with two attached hydrogens (primary N) is 1. The molecule has 0 saturated heterocycles. The van der Waals surface area contributed by atoms with Crippen molar-refractivity contribution in [3.63, 3.8) is 0 Å². The van der Waals surface area contributed by atoms with Crippen LogP contribution in [-0.4, -0.2) is 11.7 Å². The lowest BCUT2D eigenvalue weighted by Crippen LogP contribution is -2.05. The van der Waals surface area contributed by atoms with Gasteiger partial charge in [-0.3, -0.25) is 0 Å². The maximum Gasteiger partial charge on any atom is 0.419 e. The summed E-state index contributed by atoms with van der Waals surface area (Å²) in [6, 6.07) is 3.35. The first-order chi connectivity index (χ1) is 7.45. The summed E-state index contributed by atoms with van der Waals surface area (Å²) >= 11 is 0. The molecule has 88 valence electrons. The molecule has 5 heteroatoms. The molecule has 0 aliphatic heterocycles. The van der Waals surface area contributed by atoms with E-state index in [0.717, 1.165) is 12.1 Å². The Morgan fingerprint density at radius 2 is 2.00 bits per heavy atom. The Balaban J connectivity index is 2.99. The van der Waals surface area contributed by atoms with Crippen LogP contribution in [0.5, 0.6) is 5.75 Å². The van der Waals surface area contributed by atoms with Crippen molar-refractivity contribution in [2.45, 2.75) is 12.6 Å². The first-order valence-corrected chi connectivity index (χ1v) is 4.72. The number of alkyl halides is 3. The summed E-state index contributed by atoms with van der Waals surface area (Å²) in [4.78, 5) is 0. The molecule has 3 N–H and O–H groups in total. The Bertz CT molecular complexity index is 385. The maximum absolute atomic E-state index is 12.4. The van der Waals surface area contributed by atoms with Gasteiger partial charge in [-0.05, 0) is 30.7 Å². The zero-order chi connectivity index (χ0) is 12.2. The van der Waals surface area contributed by atoms with Crippen molar-refractivity contribution >= 4 is 6.08 Å². The number of phenols is 1. The molecule has 1 aromatic carbocycles. The summed E-state index contributed by atoms with van der Waals surface area (Å²) in [5.41, 5.74) is 4.61. The van der Waals surface area contributed by atoms with Gasteiger partial charge in [-0.1, -0.05) is 18.2 Å². The van der Waals surface area contributed by atoms with Gasteiger partial charge in [0.15, 0.2) is 0 Å². The summed E-state index contributed by atoms with van der Waals surface area (Å²) in [5.74, 6) is -0.761. The minimum atomic E-state index is -4.54. The first-order valence-electron chi connectivity index (χ1n) is 4.72. The van der Waals surface area contributed by atoms with Crippen LogP contribution in [0.15, 0.2) is 24.3 Å². The lowest BCUT2D eigenvalue weighted by atomic mass is 10.1. The monoisotopic (exact) mass is 231 g/mol. The number of halogens is 3. The van der Waals surface area contributed by atoms with Crippen LogP contribution in [0.4, 0.5) is 13.2 Å². The standard InChI is InChI=1S/C11H12F3NO/c12-11(13,14)9-7-8(3-1-2-6-15)4-5-10(9)16/h1,3-5,7,16H,2,6,15H2. The molecule has 0 heterocycles. The van der Waals surface area contributed by atoms with Gasteiger partial charge in [0.1, 0.15) is 5.75 Å². The van der Waals surface area contributed by atoms with E-state index in [9.17, 15) is 13.2 Å². The number of benzene rings is 1. The second kappa shape index (κ2) is 5.03. The zero-order valence-corrected chi connectivity index (χ0v) is 8.46. The topological polar surface area (TPSA) is 46.2 Å². The molecule has 0 aliphatic carbocycles. The molecule has 0 bridgehead atoms. The Hall–Kier alpha value is -1.49. The van der Waals surface area contributed by atoms with E-state index >= 15 is 0 Å². The summed E-state index contributed by atoms with van der Waals surface area (Å²) in [6.45, 7) is 0.445. The molecule has 16 heavy (non-hydrogen) atoms. The van der Waals surface area contributed by atoms with Crippen molar-refractivity contribution in [2.24, 2.45) is 5.73 Å². The molecule has 1 aromatic rings. The highest BCUT2D eigenvalue weighted by molar-refractivity contribution is 5.53. The van der Waals surface area contributed by atoms with Gasteiger partial charge in [0.25, 0.3) is 0 Å². The van der Waals surface area contributed by atoms with Crippen molar-refractivity contribution in [1.82, 2.24) is 0 Å². The highest BCUT2D eigenvalue weighted by Gasteiger charge is 2.33. The zero-order valence-electron chi connectivity index (χ0n) is 8.46. The summed E-state index contributed by atoms with van der Waals surface area (Å²) < 4.78 is 37.2. The molecular formula is C11H12F3NO. The molecule has 0 fully saturated rings. The van der Waals surface area contributed by atoms with E-state index in [1.165, 1.54) is 6.07 Å². The average Bonchev–Trinajstić information content (AvgIpc) is 2.19. The van der Waals surface area contributed by atoms with Gasteiger partial charge in [-0.25, -0.2) is 0 Å². The van der Waals surface area contributed by atoms with Gasteiger partial charge in [-0.15, -0.1) is 0 Å². The van der Waals surface area contributed by atoms with Crippen molar-refractivity contribution in [3.05, 3.63) is 35.4 Å². The summed E-state index contributed by atoms with van der Waals surface area (Å²) in [5, 5.41) is 9.08. The van der Waals surface area contributed by atoms with Gasteiger partial charge in [0, 0.05) is 0 Å². The Morgan fingerprint density at radius 1 is 1.31 bits per heavy atom. The SMILES string of the molecule is NCCC=Cc1ccc(O)c(C(F)(F)F)c1. The van der Waals surface area contributed by atoms with Gasteiger partial charge < -0.3 is 10.8 Å². The van der Waals surface area contributed by atoms with E-state index in [4.69, 9.17) is 10.8 Å². The number of hydrogen-bond donors (Lipinski definition) is 2. The molecule has 2 nitrogen and oxygen atoms in total. The van der Waals surface area contributed by atoms with Crippen molar-refractivity contribution in [1.29, 1.82) is 0 Å². The lowest BCUT2D eigenvalue weighted by Gasteiger charge is -2.09. The minimum Gasteiger partial charge on any atom is -0.507 e. The molecule has 0 unspecified atom stereocenters. The molecular weight excluding hydrogens is 219 g/mol. The molecule has 0 spiro atoms. The van der Waals surface area contributed by atoms with E-state index < -0.39 is 17.5 Å². The van der Waals surface area contributed by atoms with Crippen LogP contribution in [0.3, 0.4) is 0 Å². The lowest BCUT2D eigenvalue weighted by molar-refractivity contribution is -0.138. The largest absolute Gasteiger partial charge is 0.507 e. The predicted molar refractivity (Wildman–Crippen MR) is 55.8 cm³/mol. The van der Waals surface area contributed by atoms with E-state index in [-0.39, 0.29) is 0 Å². The molecule has 0 amide bonds. The molecule has 1 rings (SSSR count). The maximum atomic E-state index is 12.4. The van der Waals surface area contributed by atoms with Gasteiger partial charge >= 0.3 is 6.18 Å². The fourth-order valence-corrected chi connectivity index (χ4v) is 1.20. The number of aromatic hydroxyl groups is 1. The second-order valence-corrected chi connectivity index (χ2v) is 3.25. The number of rotatable bonds is 3. The number of hydrogen-bond acceptors (Lipinski definition) is 2. The van der Waals surface area contributed by atoms with Gasteiger partial charge in [-0.2, -0.15) is 13.2 Å². The van der Waals surface area contributed by atoms with Crippen molar-refractivity contribution < 1.29 is 18.3 Å². The Labute approximate surface area is 91.2 Å². The first kappa shape index (κ1) is 12.6.